The highest BCUT2D eigenvalue weighted by atomic mass is 32.2. The maximum absolute atomic E-state index is 13.2. The van der Waals surface area contributed by atoms with E-state index in [1.807, 2.05) is 60.2 Å². The first kappa shape index (κ1) is 23.4. The monoisotopic (exact) mass is 471 g/mol. The topological polar surface area (TPSA) is 80.7 Å². The quantitative estimate of drug-likeness (QED) is 0.609. The minimum absolute atomic E-state index is 0.00205. The number of aliphatic imine (C=N–C) groups is 1. The molecule has 1 saturated heterocycles. The number of amidine groups is 1. The van der Waals surface area contributed by atoms with Crippen molar-refractivity contribution in [3.8, 4) is 5.75 Å². The average Bonchev–Trinajstić information content (AvgIpc) is 3.18. The molecule has 3 unspecified atom stereocenters. The molecule has 0 radical (unpaired) electrons. The second kappa shape index (κ2) is 9.61. The summed E-state index contributed by atoms with van der Waals surface area (Å²) in [7, 11) is 2.97. The van der Waals surface area contributed by atoms with Crippen LogP contribution in [0.2, 0.25) is 0 Å². The Bertz CT molecular complexity index is 1040. The zero-order chi connectivity index (χ0) is 23.7. The van der Waals surface area contributed by atoms with Crippen LogP contribution in [0.3, 0.4) is 0 Å². The maximum atomic E-state index is 13.2. The van der Waals surface area contributed by atoms with E-state index >= 15 is 0 Å². The lowest BCUT2D eigenvalue weighted by Crippen LogP contribution is -2.48. The molecule has 3 atom stereocenters. The number of hydrogen-bond donors (Lipinski definition) is 0. The summed E-state index contributed by atoms with van der Waals surface area (Å²) in [6, 6.07) is 7.11. The number of thioether (sulfide) groups is 1. The van der Waals surface area contributed by atoms with Crippen LogP contribution in [0.4, 0.5) is 0 Å². The summed E-state index contributed by atoms with van der Waals surface area (Å²) in [6.07, 6.45) is 0.204. The lowest BCUT2D eigenvalue weighted by molar-refractivity contribution is -0.142. The van der Waals surface area contributed by atoms with Crippen molar-refractivity contribution in [2.75, 3.05) is 27.3 Å². The van der Waals surface area contributed by atoms with Gasteiger partial charge in [0.25, 0.3) is 0 Å². The Kier molecular flexibility index (Phi) is 6.81. The number of carbonyl (C=O) groups excluding carboxylic acids is 2. The van der Waals surface area contributed by atoms with Crippen molar-refractivity contribution >= 4 is 28.8 Å². The number of methoxy groups -OCH3 is 2. The molecule has 0 saturated carbocycles. The van der Waals surface area contributed by atoms with E-state index in [1.165, 1.54) is 18.9 Å². The van der Waals surface area contributed by atoms with Crippen LogP contribution in [-0.4, -0.2) is 66.4 Å². The summed E-state index contributed by atoms with van der Waals surface area (Å²) < 4.78 is 16.3. The van der Waals surface area contributed by atoms with E-state index in [1.54, 1.807) is 7.11 Å². The van der Waals surface area contributed by atoms with E-state index in [0.29, 0.717) is 30.1 Å². The second-order valence-electron chi connectivity index (χ2n) is 8.39. The molecule has 33 heavy (non-hydrogen) atoms. The van der Waals surface area contributed by atoms with Crippen molar-refractivity contribution in [3.05, 3.63) is 52.2 Å². The predicted molar refractivity (Wildman–Crippen MR) is 127 cm³/mol. The van der Waals surface area contributed by atoms with Gasteiger partial charge in [0, 0.05) is 18.8 Å². The zero-order valence-electron chi connectivity index (χ0n) is 19.5. The van der Waals surface area contributed by atoms with Crippen LogP contribution in [0.5, 0.6) is 5.75 Å². The maximum Gasteiger partial charge on any atom is 0.338 e. The largest absolute Gasteiger partial charge is 0.497 e. The highest BCUT2D eigenvalue weighted by Gasteiger charge is 2.41. The Labute approximate surface area is 198 Å². The van der Waals surface area contributed by atoms with Crippen LogP contribution in [0.25, 0.3) is 0 Å². The number of fused-ring (bicyclic) bond motifs is 1. The molecule has 1 aromatic carbocycles. The highest BCUT2D eigenvalue weighted by molar-refractivity contribution is 8.16. The molecule has 3 aliphatic rings. The number of nitrogens with zero attached hydrogens (tertiary/aromatic N) is 3. The minimum Gasteiger partial charge on any atom is -0.497 e. The van der Waals surface area contributed by atoms with Crippen molar-refractivity contribution in [2.45, 2.75) is 45.4 Å². The van der Waals surface area contributed by atoms with Gasteiger partial charge in [-0.25, -0.2) is 9.79 Å². The van der Waals surface area contributed by atoms with Gasteiger partial charge in [0.05, 0.1) is 50.2 Å². The Morgan fingerprint density at radius 3 is 2.61 bits per heavy atom. The number of ether oxygens (including phenoxy) is 3. The van der Waals surface area contributed by atoms with Gasteiger partial charge in [-0.2, -0.15) is 0 Å². The summed E-state index contributed by atoms with van der Waals surface area (Å²) in [5.74, 6) is 0.269. The Morgan fingerprint density at radius 1 is 1.21 bits per heavy atom. The number of hydrogen-bond acceptors (Lipinski definition) is 8. The van der Waals surface area contributed by atoms with Crippen molar-refractivity contribution in [1.29, 1.82) is 0 Å². The van der Waals surface area contributed by atoms with Gasteiger partial charge < -0.3 is 24.0 Å². The molecule has 8 nitrogen and oxygen atoms in total. The minimum atomic E-state index is -0.475. The summed E-state index contributed by atoms with van der Waals surface area (Å²) in [6.45, 7) is 6.90. The molecule has 0 aromatic heterocycles. The summed E-state index contributed by atoms with van der Waals surface area (Å²) in [5, 5.41) is 2.68. The van der Waals surface area contributed by atoms with E-state index in [-0.39, 0.29) is 24.5 Å². The number of carbonyl (C=O) groups is 2. The molecule has 0 N–H and O–H groups in total. The van der Waals surface area contributed by atoms with Gasteiger partial charge in [0.1, 0.15) is 5.75 Å². The standard InChI is InChI=1S/C24H29N3O5S/c1-14-11-26(12-15(2)32-14)20(28)10-18-13-33-24-25-16(3)21(23(29)31-5)22(27(18)24)17-7-6-8-19(9-17)30-4/h6-9,13-15,22H,10-12H2,1-5H3. The number of benzene rings is 1. The van der Waals surface area contributed by atoms with Gasteiger partial charge in [0.15, 0.2) is 5.17 Å². The van der Waals surface area contributed by atoms with Crippen molar-refractivity contribution in [1.82, 2.24) is 9.80 Å². The third kappa shape index (κ3) is 4.65. The van der Waals surface area contributed by atoms with E-state index < -0.39 is 12.0 Å². The van der Waals surface area contributed by atoms with Crippen LogP contribution >= 0.6 is 11.8 Å². The molecule has 0 bridgehead atoms. The van der Waals surface area contributed by atoms with E-state index in [4.69, 9.17) is 14.2 Å². The van der Waals surface area contributed by atoms with Crippen molar-refractivity contribution in [2.24, 2.45) is 4.99 Å². The molecule has 3 aliphatic heterocycles. The van der Waals surface area contributed by atoms with E-state index in [2.05, 4.69) is 4.99 Å². The molecule has 9 heteroatoms. The first-order valence-corrected chi connectivity index (χ1v) is 11.8. The molecule has 1 amide bonds. The summed E-state index contributed by atoms with van der Waals surface area (Å²) in [4.78, 5) is 34.6. The van der Waals surface area contributed by atoms with Crippen molar-refractivity contribution in [3.63, 3.8) is 0 Å². The molecule has 1 fully saturated rings. The molecule has 4 rings (SSSR count). The lowest BCUT2D eigenvalue weighted by Gasteiger charge is -2.38. The third-order valence-electron chi connectivity index (χ3n) is 5.92. The van der Waals surface area contributed by atoms with Gasteiger partial charge in [-0.05, 0) is 43.9 Å². The van der Waals surface area contributed by atoms with Gasteiger partial charge in [-0.1, -0.05) is 23.9 Å². The van der Waals surface area contributed by atoms with Gasteiger partial charge in [0.2, 0.25) is 5.91 Å². The highest BCUT2D eigenvalue weighted by Crippen LogP contribution is 2.45. The van der Waals surface area contributed by atoms with Gasteiger partial charge in [-0.15, -0.1) is 0 Å². The predicted octanol–water partition coefficient (Wildman–Crippen LogP) is 3.47. The normalized spacial score (nSPS) is 24.8. The fourth-order valence-electron chi connectivity index (χ4n) is 4.52. The van der Waals surface area contributed by atoms with E-state index in [9.17, 15) is 9.59 Å². The number of rotatable bonds is 5. The van der Waals surface area contributed by atoms with Crippen LogP contribution < -0.4 is 4.74 Å². The van der Waals surface area contributed by atoms with Crippen LogP contribution in [-0.2, 0) is 19.1 Å². The summed E-state index contributed by atoms with van der Waals surface area (Å²) in [5.41, 5.74) is 2.71. The number of esters is 1. The number of morpholine rings is 1. The molecule has 3 heterocycles. The number of allylic oxidation sites excluding steroid dienone is 1. The first-order valence-electron chi connectivity index (χ1n) is 10.9. The molecular weight excluding hydrogens is 442 g/mol. The van der Waals surface area contributed by atoms with Crippen LogP contribution in [0.15, 0.2) is 51.6 Å². The fourth-order valence-corrected chi connectivity index (χ4v) is 5.48. The lowest BCUT2D eigenvalue weighted by atomic mass is 9.93. The third-order valence-corrected chi connectivity index (χ3v) is 6.81. The molecule has 0 spiro atoms. The molecule has 176 valence electrons. The van der Waals surface area contributed by atoms with E-state index in [0.717, 1.165) is 16.4 Å². The molecule has 0 aliphatic carbocycles. The van der Waals surface area contributed by atoms with Gasteiger partial charge >= 0.3 is 5.97 Å². The van der Waals surface area contributed by atoms with Crippen LogP contribution in [0, 0.1) is 0 Å². The smallest absolute Gasteiger partial charge is 0.338 e. The van der Waals surface area contributed by atoms with Crippen LogP contribution in [0.1, 0.15) is 38.8 Å². The molecule has 1 aromatic rings. The van der Waals surface area contributed by atoms with Crippen molar-refractivity contribution < 1.29 is 23.8 Å². The first-order chi connectivity index (χ1) is 15.8. The Hall–Kier alpha value is -2.78. The Balaban J connectivity index is 1.68. The number of amides is 1. The Morgan fingerprint density at radius 2 is 1.94 bits per heavy atom. The zero-order valence-corrected chi connectivity index (χ0v) is 20.3. The fraction of sp³-hybridized carbons (Fsp3) is 0.458. The SMILES string of the molecule is COC(=O)C1=C(C)N=C2SC=C(CC(=O)N3CC(C)OC(C)C3)N2C1c1cccc(OC)c1. The second-order valence-corrected chi connectivity index (χ2v) is 9.23. The summed E-state index contributed by atoms with van der Waals surface area (Å²) >= 11 is 1.46. The molecular formula is C24H29N3O5S. The van der Waals surface area contributed by atoms with Gasteiger partial charge in [-0.3, -0.25) is 4.79 Å². The average molecular weight is 472 g/mol.